The van der Waals surface area contributed by atoms with E-state index in [0.717, 1.165) is 12.1 Å². The molecule has 134 valence electrons. The molecule has 0 saturated heterocycles. The van der Waals surface area contributed by atoms with Gasteiger partial charge in [-0.3, -0.25) is 9.78 Å². The van der Waals surface area contributed by atoms with Gasteiger partial charge in [0.2, 0.25) is 0 Å². The van der Waals surface area contributed by atoms with E-state index < -0.39 is 11.7 Å². The van der Waals surface area contributed by atoms with E-state index in [9.17, 15) is 18.0 Å². The van der Waals surface area contributed by atoms with Crippen LogP contribution >= 0.6 is 0 Å². The molecule has 2 aromatic heterocycles. The Morgan fingerprint density at radius 1 is 1.19 bits per heavy atom. The highest BCUT2D eigenvalue weighted by Crippen LogP contribution is 2.30. The standard InChI is InChI=1S/C18H15F3N4O/c1-12-16(17(26)23-10-14-6-2-3-8-22-14)11-24-25(12)15-7-4-5-13(9-15)18(19,20)21/h2-9,11H,10H2,1H3,(H,23,26). The monoisotopic (exact) mass is 360 g/mol. The van der Waals surface area contributed by atoms with Crippen molar-refractivity contribution in [3.05, 3.63) is 77.4 Å². The molecule has 0 bridgehead atoms. The normalized spacial score (nSPS) is 11.4. The average Bonchev–Trinajstić information content (AvgIpc) is 3.01. The molecule has 1 aromatic carbocycles. The fourth-order valence-corrected chi connectivity index (χ4v) is 2.48. The molecule has 0 unspecified atom stereocenters. The molecule has 26 heavy (non-hydrogen) atoms. The number of hydrogen-bond acceptors (Lipinski definition) is 3. The summed E-state index contributed by atoms with van der Waals surface area (Å²) >= 11 is 0. The van der Waals surface area contributed by atoms with Crippen LogP contribution in [0.2, 0.25) is 0 Å². The Bertz CT molecular complexity index is 920. The number of aromatic nitrogens is 3. The second kappa shape index (κ2) is 6.99. The molecule has 1 amide bonds. The lowest BCUT2D eigenvalue weighted by Gasteiger charge is -2.10. The van der Waals surface area contributed by atoms with Crippen molar-refractivity contribution >= 4 is 5.91 Å². The van der Waals surface area contributed by atoms with Gasteiger partial charge in [-0.2, -0.15) is 18.3 Å². The van der Waals surface area contributed by atoms with Gasteiger partial charge >= 0.3 is 6.18 Å². The number of nitrogens with zero attached hydrogens (tertiary/aromatic N) is 3. The molecule has 0 radical (unpaired) electrons. The molecular formula is C18H15F3N4O. The average molecular weight is 360 g/mol. The quantitative estimate of drug-likeness (QED) is 0.774. The van der Waals surface area contributed by atoms with Crippen LogP contribution in [-0.2, 0) is 12.7 Å². The second-order valence-corrected chi connectivity index (χ2v) is 5.61. The predicted octanol–water partition coefficient (Wildman–Crippen LogP) is 3.52. The Labute approximate surface area is 147 Å². The molecule has 0 spiro atoms. The van der Waals surface area contributed by atoms with E-state index in [0.29, 0.717) is 17.0 Å². The zero-order valence-electron chi connectivity index (χ0n) is 13.8. The molecule has 3 aromatic rings. The molecule has 0 saturated carbocycles. The van der Waals surface area contributed by atoms with Crippen LogP contribution in [0.5, 0.6) is 0 Å². The Hall–Kier alpha value is -3.16. The number of halogens is 3. The Kier molecular flexibility index (Phi) is 4.75. The highest BCUT2D eigenvalue weighted by atomic mass is 19.4. The molecule has 8 heteroatoms. The third-order valence-corrected chi connectivity index (χ3v) is 3.83. The molecule has 2 heterocycles. The first-order valence-corrected chi connectivity index (χ1v) is 7.76. The van der Waals surface area contributed by atoms with E-state index in [2.05, 4.69) is 15.4 Å². The van der Waals surface area contributed by atoms with Crippen LogP contribution < -0.4 is 5.32 Å². The lowest BCUT2D eigenvalue weighted by atomic mass is 10.2. The van der Waals surface area contributed by atoms with Gasteiger partial charge in [0.25, 0.3) is 5.91 Å². The third kappa shape index (κ3) is 3.74. The number of carbonyl (C=O) groups is 1. The van der Waals surface area contributed by atoms with E-state index in [4.69, 9.17) is 0 Å². The van der Waals surface area contributed by atoms with Gasteiger partial charge in [0.05, 0.1) is 40.9 Å². The summed E-state index contributed by atoms with van der Waals surface area (Å²) in [4.78, 5) is 16.4. The van der Waals surface area contributed by atoms with E-state index in [1.807, 2.05) is 6.07 Å². The van der Waals surface area contributed by atoms with Crippen LogP contribution in [0, 0.1) is 6.92 Å². The van der Waals surface area contributed by atoms with Gasteiger partial charge in [-0.05, 0) is 37.3 Å². The zero-order valence-corrected chi connectivity index (χ0v) is 13.8. The number of benzene rings is 1. The van der Waals surface area contributed by atoms with Crippen LogP contribution in [0.15, 0.2) is 54.9 Å². The Morgan fingerprint density at radius 3 is 2.69 bits per heavy atom. The van der Waals surface area contributed by atoms with Gasteiger partial charge in [-0.25, -0.2) is 4.68 Å². The minimum Gasteiger partial charge on any atom is -0.346 e. The van der Waals surface area contributed by atoms with Crippen molar-refractivity contribution in [2.24, 2.45) is 0 Å². The first kappa shape index (κ1) is 17.7. The van der Waals surface area contributed by atoms with Crippen LogP contribution in [0.25, 0.3) is 5.69 Å². The molecule has 0 fully saturated rings. The fourth-order valence-electron chi connectivity index (χ4n) is 2.48. The predicted molar refractivity (Wildman–Crippen MR) is 88.7 cm³/mol. The second-order valence-electron chi connectivity index (χ2n) is 5.61. The van der Waals surface area contributed by atoms with Gasteiger partial charge < -0.3 is 5.32 Å². The summed E-state index contributed by atoms with van der Waals surface area (Å²) in [7, 11) is 0. The first-order chi connectivity index (χ1) is 12.4. The summed E-state index contributed by atoms with van der Waals surface area (Å²) in [6.45, 7) is 1.87. The number of nitrogens with one attached hydrogen (secondary N) is 1. The highest BCUT2D eigenvalue weighted by Gasteiger charge is 2.30. The molecule has 0 aliphatic rings. The summed E-state index contributed by atoms with van der Waals surface area (Å²) in [6, 6.07) is 10.2. The van der Waals surface area contributed by atoms with Gasteiger partial charge in [0.1, 0.15) is 0 Å². The summed E-state index contributed by atoms with van der Waals surface area (Å²) in [5, 5.41) is 6.78. The number of carbonyl (C=O) groups excluding carboxylic acids is 1. The summed E-state index contributed by atoms with van der Waals surface area (Å²) in [5.41, 5.74) is 0.900. The van der Waals surface area contributed by atoms with Crippen molar-refractivity contribution in [2.45, 2.75) is 19.6 Å². The van der Waals surface area contributed by atoms with E-state index in [1.165, 1.54) is 23.0 Å². The Morgan fingerprint density at radius 2 is 2.00 bits per heavy atom. The maximum Gasteiger partial charge on any atom is 0.416 e. The highest BCUT2D eigenvalue weighted by molar-refractivity contribution is 5.95. The van der Waals surface area contributed by atoms with Gasteiger partial charge in [-0.1, -0.05) is 12.1 Å². The number of amides is 1. The van der Waals surface area contributed by atoms with Gasteiger partial charge in [-0.15, -0.1) is 0 Å². The van der Waals surface area contributed by atoms with Crippen molar-refractivity contribution in [1.29, 1.82) is 0 Å². The van der Waals surface area contributed by atoms with Crippen LogP contribution in [0.4, 0.5) is 13.2 Å². The fraction of sp³-hybridized carbons (Fsp3) is 0.167. The lowest BCUT2D eigenvalue weighted by Crippen LogP contribution is -2.23. The van der Waals surface area contributed by atoms with Crippen molar-refractivity contribution in [1.82, 2.24) is 20.1 Å². The summed E-state index contributed by atoms with van der Waals surface area (Å²) in [6.07, 6.45) is -1.48. The smallest absolute Gasteiger partial charge is 0.346 e. The maximum absolute atomic E-state index is 12.9. The maximum atomic E-state index is 12.9. The molecule has 3 rings (SSSR count). The molecular weight excluding hydrogens is 345 g/mol. The van der Waals surface area contributed by atoms with Gasteiger partial charge in [0, 0.05) is 6.20 Å². The minimum absolute atomic E-state index is 0.237. The van der Waals surface area contributed by atoms with Crippen LogP contribution in [0.3, 0.4) is 0 Å². The zero-order chi connectivity index (χ0) is 18.7. The number of alkyl halides is 3. The molecule has 0 atom stereocenters. The van der Waals surface area contributed by atoms with E-state index in [-0.39, 0.29) is 18.1 Å². The Balaban J connectivity index is 1.81. The SMILES string of the molecule is Cc1c(C(=O)NCc2ccccn2)cnn1-c1cccc(C(F)(F)F)c1. The molecule has 5 nitrogen and oxygen atoms in total. The minimum atomic E-state index is -4.44. The number of rotatable bonds is 4. The van der Waals surface area contributed by atoms with E-state index in [1.54, 1.807) is 25.3 Å². The summed E-state index contributed by atoms with van der Waals surface area (Å²) < 4.78 is 39.9. The first-order valence-electron chi connectivity index (χ1n) is 7.76. The number of hydrogen-bond donors (Lipinski definition) is 1. The topological polar surface area (TPSA) is 59.8 Å². The van der Waals surface area contributed by atoms with Crippen LogP contribution in [-0.4, -0.2) is 20.7 Å². The molecule has 0 aliphatic carbocycles. The molecule has 0 aliphatic heterocycles. The van der Waals surface area contributed by atoms with Crippen molar-refractivity contribution in [3.8, 4) is 5.69 Å². The lowest BCUT2D eigenvalue weighted by molar-refractivity contribution is -0.137. The van der Waals surface area contributed by atoms with E-state index >= 15 is 0 Å². The largest absolute Gasteiger partial charge is 0.416 e. The summed E-state index contributed by atoms with van der Waals surface area (Å²) in [5.74, 6) is -0.369. The number of pyridine rings is 1. The van der Waals surface area contributed by atoms with Crippen molar-refractivity contribution < 1.29 is 18.0 Å². The third-order valence-electron chi connectivity index (χ3n) is 3.83. The van der Waals surface area contributed by atoms with Crippen molar-refractivity contribution in [2.75, 3.05) is 0 Å². The van der Waals surface area contributed by atoms with Crippen LogP contribution in [0.1, 0.15) is 27.3 Å². The molecule has 1 N–H and O–H groups in total. The van der Waals surface area contributed by atoms with Crippen molar-refractivity contribution in [3.63, 3.8) is 0 Å². The van der Waals surface area contributed by atoms with Gasteiger partial charge in [0.15, 0.2) is 0 Å².